The number of fused-ring (bicyclic) bond motifs is 3. The quantitative estimate of drug-likeness (QED) is 0.286. The molecular weight excluding hydrogens is 352 g/mol. The van der Waals surface area contributed by atoms with Crippen molar-refractivity contribution in [3.63, 3.8) is 0 Å². The van der Waals surface area contributed by atoms with Crippen molar-refractivity contribution in [2.24, 2.45) is 0 Å². The Balaban J connectivity index is 1.78. The minimum atomic E-state index is -0.381. The fourth-order valence-corrected chi connectivity index (χ4v) is 3.08. The molecule has 0 saturated carbocycles. The number of hydrogen-bond donors (Lipinski definition) is 0. The Morgan fingerprint density at radius 2 is 1.71 bits per heavy atom. The predicted octanol–water partition coefficient (Wildman–Crippen LogP) is 6.03. The van der Waals surface area contributed by atoms with E-state index in [4.69, 9.17) is 13.9 Å². The van der Waals surface area contributed by atoms with Crippen LogP contribution in [0.4, 0.5) is 0 Å². The molecule has 0 bridgehead atoms. The summed E-state index contributed by atoms with van der Waals surface area (Å²) < 4.78 is 16.5. The third-order valence-corrected chi connectivity index (χ3v) is 4.67. The average molecular weight is 378 g/mol. The van der Waals surface area contributed by atoms with Gasteiger partial charge >= 0.3 is 5.63 Å². The standard InChI is InChI=1S/C24H26O4/c1-16(2)6-5-7-17(3)12-13-27-19-9-11-21-20-10-8-18(26-4)14-22(20)24(25)28-23(21)15-19/h6,8-12,14-15H,5,7,13H2,1-4H3. The number of methoxy groups -OCH3 is 1. The molecule has 0 spiro atoms. The summed E-state index contributed by atoms with van der Waals surface area (Å²) in [7, 11) is 1.57. The van der Waals surface area contributed by atoms with Crippen molar-refractivity contribution in [2.45, 2.75) is 33.6 Å². The first kappa shape index (κ1) is 19.7. The van der Waals surface area contributed by atoms with Gasteiger partial charge in [0.05, 0.1) is 12.5 Å². The van der Waals surface area contributed by atoms with Crippen molar-refractivity contribution in [1.82, 2.24) is 0 Å². The van der Waals surface area contributed by atoms with E-state index in [2.05, 4.69) is 32.9 Å². The zero-order valence-corrected chi connectivity index (χ0v) is 16.9. The van der Waals surface area contributed by atoms with Gasteiger partial charge in [0.15, 0.2) is 0 Å². The molecule has 3 rings (SSSR count). The number of hydrogen-bond acceptors (Lipinski definition) is 4. The number of rotatable bonds is 7. The van der Waals surface area contributed by atoms with Crippen LogP contribution >= 0.6 is 0 Å². The summed E-state index contributed by atoms with van der Waals surface area (Å²) in [6.45, 7) is 6.82. The summed E-state index contributed by atoms with van der Waals surface area (Å²) >= 11 is 0. The Labute approximate surface area is 165 Å². The maximum atomic E-state index is 12.3. The van der Waals surface area contributed by atoms with Crippen LogP contribution in [0.15, 0.2) is 68.9 Å². The lowest BCUT2D eigenvalue weighted by molar-refractivity contribution is 0.361. The summed E-state index contributed by atoms with van der Waals surface area (Å²) in [5.41, 5.74) is 2.77. The lowest BCUT2D eigenvalue weighted by Crippen LogP contribution is -2.01. The highest BCUT2D eigenvalue weighted by Gasteiger charge is 2.09. The van der Waals surface area contributed by atoms with E-state index in [0.717, 1.165) is 23.6 Å². The van der Waals surface area contributed by atoms with Crippen LogP contribution < -0.4 is 15.1 Å². The smallest absolute Gasteiger partial charge is 0.344 e. The van der Waals surface area contributed by atoms with Gasteiger partial charge in [0.25, 0.3) is 0 Å². The highest BCUT2D eigenvalue weighted by atomic mass is 16.5. The van der Waals surface area contributed by atoms with Crippen LogP contribution in [0.5, 0.6) is 11.5 Å². The second-order valence-corrected chi connectivity index (χ2v) is 7.14. The molecule has 0 saturated heterocycles. The Morgan fingerprint density at radius 3 is 2.46 bits per heavy atom. The third kappa shape index (κ3) is 4.63. The van der Waals surface area contributed by atoms with Crippen molar-refractivity contribution in [3.05, 3.63) is 70.1 Å². The first-order chi connectivity index (χ1) is 13.5. The summed E-state index contributed by atoms with van der Waals surface area (Å²) in [6, 6.07) is 11.0. The maximum Gasteiger partial charge on any atom is 0.344 e. The van der Waals surface area contributed by atoms with Gasteiger partial charge in [-0.15, -0.1) is 0 Å². The van der Waals surface area contributed by atoms with Crippen molar-refractivity contribution < 1.29 is 13.9 Å². The zero-order chi connectivity index (χ0) is 20.1. The molecule has 146 valence electrons. The Bertz CT molecular complexity index is 1100. The van der Waals surface area contributed by atoms with Crippen LogP contribution in [-0.2, 0) is 0 Å². The third-order valence-electron chi connectivity index (χ3n) is 4.67. The van der Waals surface area contributed by atoms with Gasteiger partial charge in [-0.2, -0.15) is 0 Å². The second kappa shape index (κ2) is 8.79. The fourth-order valence-electron chi connectivity index (χ4n) is 3.08. The Morgan fingerprint density at radius 1 is 0.964 bits per heavy atom. The number of allylic oxidation sites excluding steroid dienone is 3. The van der Waals surface area contributed by atoms with Crippen LogP contribution in [0.3, 0.4) is 0 Å². The maximum absolute atomic E-state index is 12.3. The molecule has 4 nitrogen and oxygen atoms in total. The molecule has 0 fully saturated rings. The molecule has 0 N–H and O–H groups in total. The monoisotopic (exact) mass is 378 g/mol. The van der Waals surface area contributed by atoms with E-state index in [1.165, 1.54) is 11.1 Å². The number of ether oxygens (including phenoxy) is 2. The van der Waals surface area contributed by atoms with Gasteiger partial charge in [0.1, 0.15) is 23.7 Å². The summed E-state index contributed by atoms with van der Waals surface area (Å²) in [5.74, 6) is 1.31. The van der Waals surface area contributed by atoms with Crippen molar-refractivity contribution in [2.75, 3.05) is 13.7 Å². The molecule has 0 atom stereocenters. The van der Waals surface area contributed by atoms with E-state index in [1.54, 1.807) is 19.2 Å². The molecule has 4 heteroatoms. The molecule has 0 radical (unpaired) electrons. The molecule has 3 aromatic rings. The highest BCUT2D eigenvalue weighted by molar-refractivity contribution is 6.04. The van der Waals surface area contributed by atoms with Crippen LogP contribution in [0, 0.1) is 0 Å². The molecule has 1 heterocycles. The first-order valence-electron chi connectivity index (χ1n) is 9.44. The van der Waals surface area contributed by atoms with Gasteiger partial charge < -0.3 is 13.9 Å². The minimum absolute atomic E-state index is 0.381. The van der Waals surface area contributed by atoms with Crippen LogP contribution in [-0.4, -0.2) is 13.7 Å². The molecule has 0 amide bonds. The normalized spacial score (nSPS) is 11.6. The van der Waals surface area contributed by atoms with E-state index in [9.17, 15) is 4.79 Å². The topological polar surface area (TPSA) is 48.7 Å². The van der Waals surface area contributed by atoms with E-state index >= 15 is 0 Å². The molecule has 0 aliphatic rings. The van der Waals surface area contributed by atoms with Crippen LogP contribution in [0.1, 0.15) is 33.6 Å². The fraction of sp³-hybridized carbons (Fsp3) is 0.292. The lowest BCUT2D eigenvalue weighted by Gasteiger charge is -2.08. The molecule has 2 aromatic carbocycles. The SMILES string of the molecule is COc1ccc2c(c1)c(=O)oc1cc(OCC=C(C)CCC=C(C)C)ccc12. The average Bonchev–Trinajstić information content (AvgIpc) is 2.67. The molecular formula is C24H26O4. The molecule has 0 aliphatic heterocycles. The van der Waals surface area contributed by atoms with Crippen LogP contribution in [0.25, 0.3) is 21.7 Å². The second-order valence-electron chi connectivity index (χ2n) is 7.14. The van der Waals surface area contributed by atoms with Gasteiger partial charge in [-0.1, -0.05) is 17.2 Å². The summed E-state index contributed by atoms with van der Waals surface area (Å²) in [5, 5.41) is 2.22. The number of benzene rings is 2. The van der Waals surface area contributed by atoms with Crippen molar-refractivity contribution >= 4 is 21.7 Å². The van der Waals surface area contributed by atoms with Crippen LogP contribution in [0.2, 0.25) is 0 Å². The van der Waals surface area contributed by atoms with Crippen molar-refractivity contribution in [3.8, 4) is 11.5 Å². The Hall–Kier alpha value is -3.01. The molecule has 0 unspecified atom stereocenters. The largest absolute Gasteiger partial charge is 0.497 e. The first-order valence-corrected chi connectivity index (χ1v) is 9.44. The van der Waals surface area contributed by atoms with Crippen molar-refractivity contribution in [1.29, 1.82) is 0 Å². The zero-order valence-electron chi connectivity index (χ0n) is 16.9. The minimum Gasteiger partial charge on any atom is -0.497 e. The van der Waals surface area contributed by atoms with E-state index < -0.39 is 0 Å². The van der Waals surface area contributed by atoms with E-state index in [-0.39, 0.29) is 5.63 Å². The lowest BCUT2D eigenvalue weighted by atomic mass is 10.1. The molecule has 1 aromatic heterocycles. The Kier molecular flexibility index (Phi) is 6.19. The predicted molar refractivity (Wildman–Crippen MR) is 114 cm³/mol. The van der Waals surface area contributed by atoms with Gasteiger partial charge in [-0.05, 0) is 70.0 Å². The molecule has 28 heavy (non-hydrogen) atoms. The van der Waals surface area contributed by atoms with Gasteiger partial charge in [-0.3, -0.25) is 0 Å². The summed E-state index contributed by atoms with van der Waals surface area (Å²) in [6.07, 6.45) is 6.40. The van der Waals surface area contributed by atoms with Gasteiger partial charge in [0, 0.05) is 16.8 Å². The highest BCUT2D eigenvalue weighted by Crippen LogP contribution is 2.28. The van der Waals surface area contributed by atoms with Gasteiger partial charge in [-0.25, -0.2) is 4.79 Å². The van der Waals surface area contributed by atoms with E-state index in [0.29, 0.717) is 29.1 Å². The van der Waals surface area contributed by atoms with E-state index in [1.807, 2.05) is 24.3 Å². The molecule has 0 aliphatic carbocycles. The summed E-state index contributed by atoms with van der Waals surface area (Å²) in [4.78, 5) is 12.3. The van der Waals surface area contributed by atoms with Gasteiger partial charge in [0.2, 0.25) is 0 Å².